The highest BCUT2D eigenvalue weighted by Crippen LogP contribution is 2.44. The van der Waals surface area contributed by atoms with Crippen LogP contribution < -0.4 is 0 Å². The predicted octanol–water partition coefficient (Wildman–Crippen LogP) is 3.26. The second-order valence-electron chi connectivity index (χ2n) is 5.69. The molecule has 2 atom stereocenters. The number of sulfonamides is 1. The monoisotopic (exact) mass is 349 g/mol. The summed E-state index contributed by atoms with van der Waals surface area (Å²) in [5, 5.41) is 0. The summed E-state index contributed by atoms with van der Waals surface area (Å²) in [5.41, 5.74) is 0.770. The minimum absolute atomic E-state index is 0.00199. The number of halogens is 3. The Balaban J connectivity index is 2.36. The summed E-state index contributed by atoms with van der Waals surface area (Å²) in [7, 11) is -4.49. The molecule has 0 saturated carbocycles. The van der Waals surface area contributed by atoms with Gasteiger partial charge in [-0.15, -0.1) is 0 Å². The topological polar surface area (TPSA) is 54.5 Å². The van der Waals surface area contributed by atoms with E-state index in [0.29, 0.717) is 12.8 Å². The van der Waals surface area contributed by atoms with Gasteiger partial charge in [-0.1, -0.05) is 37.5 Å². The van der Waals surface area contributed by atoms with Crippen LogP contribution in [0.2, 0.25) is 0 Å². The Kier molecular flexibility index (Phi) is 4.75. The minimum atomic E-state index is -4.77. The van der Waals surface area contributed by atoms with Gasteiger partial charge in [0.2, 0.25) is 5.91 Å². The third-order valence-corrected chi connectivity index (χ3v) is 5.74. The normalized spacial score (nSPS) is 22.1. The quantitative estimate of drug-likeness (QED) is 0.767. The highest BCUT2D eigenvalue weighted by atomic mass is 32.2. The number of alkyl halides is 3. The molecule has 8 heteroatoms. The molecule has 23 heavy (non-hydrogen) atoms. The molecule has 0 N–H and O–H groups in total. The zero-order chi connectivity index (χ0) is 17.4. The molecule has 1 aliphatic rings. The van der Waals surface area contributed by atoms with Crippen LogP contribution in [0.5, 0.6) is 0 Å². The molecule has 1 aliphatic heterocycles. The molecular weight excluding hydrogens is 331 g/mol. The van der Waals surface area contributed by atoms with Crippen LogP contribution in [0.3, 0.4) is 0 Å². The first-order valence-electron chi connectivity index (χ1n) is 7.32. The smallest absolute Gasteiger partial charge is 0.273 e. The zero-order valence-corrected chi connectivity index (χ0v) is 13.6. The standard InChI is InChI=1S/C15H18F3NO3S/c1-3-4-5-12-13(15(16,17)18)19(14(12)20)23(21,22)11-8-6-10(2)7-9-11/h6-9,12-13H,3-5H2,1-2H3/t12-,13+/m0/s1. The van der Waals surface area contributed by atoms with E-state index in [1.807, 2.05) is 0 Å². The first-order valence-corrected chi connectivity index (χ1v) is 8.76. The van der Waals surface area contributed by atoms with Gasteiger partial charge in [0.15, 0.2) is 6.04 Å². The molecule has 0 radical (unpaired) electrons. The van der Waals surface area contributed by atoms with Crippen molar-refractivity contribution in [2.45, 2.75) is 50.2 Å². The SMILES string of the molecule is CCCC[C@@H]1C(=O)N(S(=O)(=O)c2ccc(C)cc2)[C@H]1C(F)(F)F. The molecule has 4 nitrogen and oxygen atoms in total. The summed E-state index contributed by atoms with van der Waals surface area (Å²) in [4.78, 5) is 11.8. The lowest BCUT2D eigenvalue weighted by molar-refractivity contribution is -0.215. The molecule has 1 saturated heterocycles. The number of aryl methyl sites for hydroxylation is 1. The van der Waals surface area contributed by atoms with Crippen LogP contribution in [0.4, 0.5) is 13.2 Å². The van der Waals surface area contributed by atoms with Crippen molar-refractivity contribution in [1.29, 1.82) is 0 Å². The van der Waals surface area contributed by atoms with Crippen LogP contribution >= 0.6 is 0 Å². The van der Waals surface area contributed by atoms with Crippen LogP contribution in [0, 0.1) is 12.8 Å². The third kappa shape index (κ3) is 3.22. The van der Waals surface area contributed by atoms with Gasteiger partial charge in [-0.2, -0.15) is 13.2 Å². The Bertz CT molecular complexity index is 683. The lowest BCUT2D eigenvalue weighted by Gasteiger charge is -2.46. The molecule has 1 fully saturated rings. The van der Waals surface area contributed by atoms with Gasteiger partial charge in [0.05, 0.1) is 10.8 Å². The van der Waals surface area contributed by atoms with Gasteiger partial charge in [0.1, 0.15) is 0 Å². The zero-order valence-electron chi connectivity index (χ0n) is 12.8. The van der Waals surface area contributed by atoms with Gasteiger partial charge in [0, 0.05) is 0 Å². The number of hydrogen-bond donors (Lipinski definition) is 0. The van der Waals surface area contributed by atoms with Crippen molar-refractivity contribution in [3.05, 3.63) is 29.8 Å². The van der Waals surface area contributed by atoms with Gasteiger partial charge in [-0.25, -0.2) is 12.7 Å². The number of carbonyl (C=O) groups is 1. The number of nitrogens with zero attached hydrogens (tertiary/aromatic N) is 1. The predicted molar refractivity (Wildman–Crippen MR) is 78.1 cm³/mol. The fourth-order valence-electron chi connectivity index (χ4n) is 2.68. The highest BCUT2D eigenvalue weighted by Gasteiger charge is 2.64. The summed E-state index contributed by atoms with van der Waals surface area (Å²) in [6, 6.07) is 3.12. The number of benzene rings is 1. The van der Waals surface area contributed by atoms with Crippen molar-refractivity contribution in [3.8, 4) is 0 Å². The second kappa shape index (κ2) is 6.14. The molecule has 0 unspecified atom stereocenters. The van der Waals surface area contributed by atoms with E-state index >= 15 is 0 Å². The Labute approximate surface area is 133 Å². The van der Waals surface area contributed by atoms with Crippen LogP contribution in [0.15, 0.2) is 29.2 Å². The van der Waals surface area contributed by atoms with E-state index < -0.39 is 34.1 Å². The van der Waals surface area contributed by atoms with Crippen LogP contribution in [-0.2, 0) is 14.8 Å². The third-order valence-electron chi connectivity index (χ3n) is 3.95. The molecule has 1 aromatic carbocycles. The summed E-state index contributed by atoms with van der Waals surface area (Å²) >= 11 is 0. The Morgan fingerprint density at radius 1 is 1.17 bits per heavy atom. The van der Waals surface area contributed by atoms with E-state index in [2.05, 4.69) is 0 Å². The van der Waals surface area contributed by atoms with E-state index in [1.165, 1.54) is 24.3 Å². The Morgan fingerprint density at radius 3 is 2.22 bits per heavy atom. The minimum Gasteiger partial charge on any atom is -0.273 e. The number of unbranched alkanes of at least 4 members (excludes halogenated alkanes) is 1. The molecule has 0 aromatic heterocycles. The number of amides is 1. The molecule has 1 amide bonds. The molecule has 128 valence electrons. The van der Waals surface area contributed by atoms with Gasteiger partial charge < -0.3 is 0 Å². The highest BCUT2D eigenvalue weighted by molar-refractivity contribution is 7.89. The molecule has 1 aromatic rings. The number of β-lactam (4-membered cyclic amide) rings is 1. The maximum Gasteiger partial charge on any atom is 0.410 e. The van der Waals surface area contributed by atoms with Crippen LogP contribution in [-0.4, -0.2) is 30.8 Å². The van der Waals surface area contributed by atoms with Gasteiger partial charge >= 0.3 is 6.18 Å². The number of carbonyl (C=O) groups excluding carboxylic acids is 1. The average Bonchev–Trinajstić information content (AvgIpc) is 2.44. The van der Waals surface area contributed by atoms with Crippen molar-refractivity contribution < 1.29 is 26.4 Å². The fourth-order valence-corrected chi connectivity index (χ4v) is 4.32. The van der Waals surface area contributed by atoms with Crippen molar-refractivity contribution in [3.63, 3.8) is 0 Å². The summed E-state index contributed by atoms with van der Waals surface area (Å²) < 4.78 is 64.6. The molecule has 0 bridgehead atoms. The van der Waals surface area contributed by atoms with E-state index in [1.54, 1.807) is 13.8 Å². The molecule has 2 rings (SSSR count). The Hall–Kier alpha value is -1.57. The van der Waals surface area contributed by atoms with E-state index in [0.717, 1.165) is 5.56 Å². The average molecular weight is 349 g/mol. The fraction of sp³-hybridized carbons (Fsp3) is 0.533. The van der Waals surface area contributed by atoms with Crippen molar-refractivity contribution in [2.75, 3.05) is 0 Å². The second-order valence-corrected chi connectivity index (χ2v) is 7.50. The summed E-state index contributed by atoms with van der Waals surface area (Å²) in [5.74, 6) is -2.28. The molecule has 1 heterocycles. The molecular formula is C15H18F3NO3S. The lowest BCUT2D eigenvalue weighted by Crippen LogP contribution is -2.68. The van der Waals surface area contributed by atoms with Crippen molar-refractivity contribution in [2.24, 2.45) is 5.92 Å². The van der Waals surface area contributed by atoms with E-state index in [-0.39, 0.29) is 15.6 Å². The Morgan fingerprint density at radius 2 is 1.74 bits per heavy atom. The lowest BCUT2D eigenvalue weighted by atomic mass is 9.85. The summed E-state index contributed by atoms with van der Waals surface area (Å²) in [6.45, 7) is 3.52. The summed E-state index contributed by atoms with van der Waals surface area (Å²) in [6.07, 6.45) is -3.65. The van der Waals surface area contributed by atoms with Crippen LogP contribution in [0.25, 0.3) is 0 Å². The van der Waals surface area contributed by atoms with Crippen molar-refractivity contribution in [1.82, 2.24) is 4.31 Å². The van der Waals surface area contributed by atoms with Gasteiger partial charge in [0.25, 0.3) is 10.0 Å². The number of rotatable bonds is 5. The maximum atomic E-state index is 13.3. The van der Waals surface area contributed by atoms with Crippen LogP contribution in [0.1, 0.15) is 31.7 Å². The van der Waals surface area contributed by atoms with Gasteiger partial charge in [-0.05, 0) is 25.5 Å². The number of hydrogen-bond acceptors (Lipinski definition) is 3. The van der Waals surface area contributed by atoms with Gasteiger partial charge in [-0.3, -0.25) is 4.79 Å². The molecule has 0 aliphatic carbocycles. The maximum absolute atomic E-state index is 13.3. The van der Waals surface area contributed by atoms with Crippen molar-refractivity contribution >= 4 is 15.9 Å². The molecule has 0 spiro atoms. The largest absolute Gasteiger partial charge is 0.410 e. The van der Waals surface area contributed by atoms with E-state index in [4.69, 9.17) is 0 Å². The first-order chi connectivity index (χ1) is 10.6. The van der Waals surface area contributed by atoms with E-state index in [9.17, 15) is 26.4 Å². The first kappa shape index (κ1) is 17.8.